The van der Waals surface area contributed by atoms with Crippen LogP contribution in [0.2, 0.25) is 0 Å². The second kappa shape index (κ2) is 6.46. The zero-order valence-corrected chi connectivity index (χ0v) is 13.9. The van der Waals surface area contributed by atoms with Gasteiger partial charge >= 0.3 is 0 Å². The van der Waals surface area contributed by atoms with Crippen LogP contribution < -0.4 is 10.0 Å². The van der Waals surface area contributed by atoms with Crippen molar-refractivity contribution in [1.82, 2.24) is 19.8 Å². The van der Waals surface area contributed by atoms with Crippen LogP contribution in [0.5, 0.6) is 0 Å². The van der Waals surface area contributed by atoms with Crippen molar-refractivity contribution in [3.05, 3.63) is 12.4 Å². The van der Waals surface area contributed by atoms with E-state index in [1.807, 2.05) is 7.05 Å². The molecule has 0 spiro atoms. The van der Waals surface area contributed by atoms with Crippen molar-refractivity contribution >= 4 is 10.0 Å². The Balaban J connectivity index is 2.02. The molecule has 0 bridgehead atoms. The first-order chi connectivity index (χ1) is 9.82. The van der Waals surface area contributed by atoms with Gasteiger partial charge < -0.3 is 5.32 Å². The van der Waals surface area contributed by atoms with E-state index in [0.29, 0.717) is 6.54 Å². The van der Waals surface area contributed by atoms with Crippen LogP contribution in [0.15, 0.2) is 17.3 Å². The summed E-state index contributed by atoms with van der Waals surface area (Å²) < 4.78 is 29.3. The standard InChI is InChI=1S/C14H26N4O2S/c1-14(2)6-4-5-12(9-14)17-21(19,20)13-10-16-18(11-13)8-7-15-3/h10-12,15,17H,4-9H2,1-3H3. The summed E-state index contributed by atoms with van der Waals surface area (Å²) in [5, 5.41) is 7.11. The van der Waals surface area contributed by atoms with E-state index in [9.17, 15) is 8.42 Å². The van der Waals surface area contributed by atoms with Crippen molar-refractivity contribution in [3.63, 3.8) is 0 Å². The number of hydrogen-bond donors (Lipinski definition) is 2. The third-order valence-corrected chi connectivity index (χ3v) is 5.51. The van der Waals surface area contributed by atoms with Gasteiger partial charge in [-0.25, -0.2) is 13.1 Å². The first-order valence-electron chi connectivity index (χ1n) is 7.52. The van der Waals surface area contributed by atoms with E-state index < -0.39 is 10.0 Å². The molecule has 1 heterocycles. The summed E-state index contributed by atoms with van der Waals surface area (Å²) in [7, 11) is -1.61. The largest absolute Gasteiger partial charge is 0.318 e. The average Bonchev–Trinajstić information content (AvgIpc) is 2.84. The van der Waals surface area contributed by atoms with Crippen molar-refractivity contribution in [1.29, 1.82) is 0 Å². The number of nitrogens with zero attached hydrogens (tertiary/aromatic N) is 2. The molecule has 1 aliphatic rings. The van der Waals surface area contributed by atoms with Gasteiger partial charge in [0, 0.05) is 18.8 Å². The Labute approximate surface area is 127 Å². The highest BCUT2D eigenvalue weighted by Crippen LogP contribution is 2.35. The van der Waals surface area contributed by atoms with E-state index in [4.69, 9.17) is 0 Å². The number of likely N-dealkylation sites (N-methyl/N-ethyl adjacent to an activating group) is 1. The molecule has 1 atom stereocenters. The number of rotatable bonds is 6. The third-order valence-electron chi connectivity index (χ3n) is 4.04. The van der Waals surface area contributed by atoms with E-state index in [1.165, 1.54) is 6.20 Å². The average molecular weight is 314 g/mol. The summed E-state index contributed by atoms with van der Waals surface area (Å²) in [6.07, 6.45) is 7.05. The lowest BCUT2D eigenvalue weighted by atomic mass is 9.75. The summed E-state index contributed by atoms with van der Waals surface area (Å²) in [6.45, 7) is 5.81. The van der Waals surface area contributed by atoms with Gasteiger partial charge in [0.25, 0.3) is 0 Å². The molecule has 1 unspecified atom stereocenters. The zero-order valence-electron chi connectivity index (χ0n) is 13.1. The van der Waals surface area contributed by atoms with Crippen molar-refractivity contribution in [2.24, 2.45) is 5.41 Å². The fourth-order valence-corrected chi connectivity index (χ4v) is 4.14. The van der Waals surface area contributed by atoms with Gasteiger partial charge in [-0.2, -0.15) is 5.10 Å². The smallest absolute Gasteiger partial charge is 0.243 e. The summed E-state index contributed by atoms with van der Waals surface area (Å²) >= 11 is 0. The summed E-state index contributed by atoms with van der Waals surface area (Å²) in [4.78, 5) is 0.252. The lowest BCUT2D eigenvalue weighted by molar-refractivity contribution is 0.212. The van der Waals surface area contributed by atoms with Crippen LogP contribution in [0, 0.1) is 5.41 Å². The second-order valence-electron chi connectivity index (χ2n) is 6.62. The van der Waals surface area contributed by atoms with Gasteiger partial charge in [-0.15, -0.1) is 0 Å². The van der Waals surface area contributed by atoms with Crippen LogP contribution >= 0.6 is 0 Å². The van der Waals surface area contributed by atoms with Crippen molar-refractivity contribution in [2.45, 2.75) is 57.0 Å². The molecular weight excluding hydrogens is 288 g/mol. The molecular formula is C14H26N4O2S. The van der Waals surface area contributed by atoms with Gasteiger partial charge in [-0.1, -0.05) is 20.3 Å². The lowest BCUT2D eigenvalue weighted by Gasteiger charge is -2.35. The summed E-state index contributed by atoms with van der Waals surface area (Å²) in [5.74, 6) is 0. The molecule has 1 aromatic rings. The molecule has 0 radical (unpaired) electrons. The van der Waals surface area contributed by atoms with Gasteiger partial charge in [0.05, 0.1) is 12.7 Å². The van der Waals surface area contributed by atoms with Crippen molar-refractivity contribution in [2.75, 3.05) is 13.6 Å². The molecule has 0 aliphatic heterocycles. The molecule has 1 aromatic heterocycles. The van der Waals surface area contributed by atoms with E-state index in [0.717, 1.165) is 32.2 Å². The van der Waals surface area contributed by atoms with E-state index in [2.05, 4.69) is 29.0 Å². The Morgan fingerprint density at radius 2 is 2.24 bits per heavy atom. The first kappa shape index (κ1) is 16.5. The minimum absolute atomic E-state index is 0.0272. The molecule has 7 heteroatoms. The monoisotopic (exact) mass is 314 g/mol. The molecule has 1 saturated carbocycles. The molecule has 0 aromatic carbocycles. The highest BCUT2D eigenvalue weighted by molar-refractivity contribution is 7.89. The van der Waals surface area contributed by atoms with Crippen LogP contribution in [0.4, 0.5) is 0 Å². The maximum Gasteiger partial charge on any atom is 0.243 e. The first-order valence-corrected chi connectivity index (χ1v) is 9.00. The number of aromatic nitrogens is 2. The number of hydrogen-bond acceptors (Lipinski definition) is 4. The fourth-order valence-electron chi connectivity index (χ4n) is 2.92. The molecule has 120 valence electrons. The Kier molecular flexibility index (Phi) is 5.06. The van der Waals surface area contributed by atoms with Gasteiger partial charge in [0.2, 0.25) is 10.0 Å². The van der Waals surface area contributed by atoms with Crippen molar-refractivity contribution < 1.29 is 8.42 Å². The van der Waals surface area contributed by atoms with Crippen LogP contribution in [0.1, 0.15) is 39.5 Å². The predicted molar refractivity (Wildman–Crippen MR) is 82.5 cm³/mol. The summed E-state index contributed by atoms with van der Waals surface area (Å²) in [5.41, 5.74) is 0.211. The molecule has 1 aliphatic carbocycles. The van der Waals surface area contributed by atoms with Gasteiger partial charge in [0.15, 0.2) is 0 Å². The Hall–Kier alpha value is -0.920. The highest BCUT2D eigenvalue weighted by Gasteiger charge is 2.31. The molecule has 21 heavy (non-hydrogen) atoms. The molecule has 0 amide bonds. The second-order valence-corrected chi connectivity index (χ2v) is 8.34. The number of sulfonamides is 1. The highest BCUT2D eigenvalue weighted by atomic mass is 32.2. The molecule has 1 fully saturated rings. The minimum Gasteiger partial charge on any atom is -0.318 e. The van der Waals surface area contributed by atoms with E-state index >= 15 is 0 Å². The van der Waals surface area contributed by atoms with Crippen LogP contribution in [-0.2, 0) is 16.6 Å². The molecule has 2 N–H and O–H groups in total. The van der Waals surface area contributed by atoms with Crippen molar-refractivity contribution in [3.8, 4) is 0 Å². The van der Waals surface area contributed by atoms with Crippen LogP contribution in [0.3, 0.4) is 0 Å². The van der Waals surface area contributed by atoms with Gasteiger partial charge in [-0.3, -0.25) is 4.68 Å². The van der Waals surface area contributed by atoms with Gasteiger partial charge in [-0.05, 0) is 31.7 Å². The minimum atomic E-state index is -3.47. The molecule has 6 nitrogen and oxygen atoms in total. The van der Waals surface area contributed by atoms with Crippen LogP contribution in [-0.4, -0.2) is 37.8 Å². The van der Waals surface area contributed by atoms with E-state index in [1.54, 1.807) is 10.9 Å². The van der Waals surface area contributed by atoms with E-state index in [-0.39, 0.29) is 16.4 Å². The predicted octanol–water partition coefficient (Wildman–Crippen LogP) is 1.35. The SMILES string of the molecule is CNCCn1cc(S(=O)(=O)NC2CCCC(C)(C)C2)cn1. The van der Waals surface area contributed by atoms with Gasteiger partial charge in [0.1, 0.15) is 4.90 Å². The number of nitrogens with one attached hydrogen (secondary N) is 2. The summed E-state index contributed by atoms with van der Waals surface area (Å²) in [6, 6.07) is 0.0272. The fraction of sp³-hybridized carbons (Fsp3) is 0.786. The molecule has 0 saturated heterocycles. The zero-order chi connectivity index (χ0) is 15.5. The Morgan fingerprint density at radius 1 is 1.48 bits per heavy atom. The maximum absolute atomic E-state index is 12.4. The Bertz CT molecular complexity index is 565. The van der Waals surface area contributed by atoms with Crippen LogP contribution in [0.25, 0.3) is 0 Å². The normalized spacial score (nSPS) is 22.3. The maximum atomic E-state index is 12.4. The Morgan fingerprint density at radius 3 is 2.90 bits per heavy atom. The third kappa shape index (κ3) is 4.52. The molecule has 2 rings (SSSR count). The topological polar surface area (TPSA) is 76.0 Å². The lowest BCUT2D eigenvalue weighted by Crippen LogP contribution is -2.40. The quantitative estimate of drug-likeness (QED) is 0.831.